The molecule has 0 radical (unpaired) electrons. The molecule has 2 rings (SSSR count). The van der Waals surface area contributed by atoms with Crippen LogP contribution >= 0.6 is 0 Å². The number of benzene rings is 1. The van der Waals surface area contributed by atoms with E-state index in [1.807, 2.05) is 20.8 Å². The van der Waals surface area contributed by atoms with Gasteiger partial charge in [-0.05, 0) is 76.7 Å². The van der Waals surface area contributed by atoms with Crippen molar-refractivity contribution in [1.82, 2.24) is 5.32 Å². The van der Waals surface area contributed by atoms with Gasteiger partial charge < -0.3 is 14.8 Å². The fourth-order valence-electron chi connectivity index (χ4n) is 2.39. The summed E-state index contributed by atoms with van der Waals surface area (Å²) in [5.41, 5.74) is 0.748. The molecule has 4 nitrogen and oxygen atoms in total. The van der Waals surface area contributed by atoms with E-state index in [0.29, 0.717) is 12.4 Å². The molecule has 0 bridgehead atoms. The largest absolute Gasteiger partial charge is 0.573 e. The van der Waals surface area contributed by atoms with Gasteiger partial charge in [-0.3, -0.25) is 4.79 Å². The van der Waals surface area contributed by atoms with Crippen molar-refractivity contribution >= 4 is 6.47 Å². The van der Waals surface area contributed by atoms with Crippen LogP contribution in [0.3, 0.4) is 0 Å². The molecule has 1 saturated heterocycles. The number of carbonyl (C=O) groups excluding carboxylic acids is 1. The summed E-state index contributed by atoms with van der Waals surface area (Å²) in [6, 6.07) is 6.18. The van der Waals surface area contributed by atoms with Gasteiger partial charge >= 0.3 is 6.36 Å². The molecule has 25 heavy (non-hydrogen) atoms. The van der Waals surface area contributed by atoms with Crippen molar-refractivity contribution in [3.8, 4) is 5.75 Å². The molecule has 1 aromatic rings. The van der Waals surface area contributed by atoms with E-state index in [1.54, 1.807) is 12.1 Å². The highest BCUT2D eigenvalue weighted by Crippen LogP contribution is 2.24. The molecular weight excluding hydrogens is 335 g/mol. The summed E-state index contributed by atoms with van der Waals surface area (Å²) in [5, 5.41) is 3.29. The molecule has 1 aromatic carbocycles. The lowest BCUT2D eigenvalue weighted by atomic mass is 9.91. The monoisotopic (exact) mass is 361 g/mol. The van der Waals surface area contributed by atoms with E-state index >= 15 is 0 Å². The minimum atomic E-state index is -4.61. The third-order valence-electron chi connectivity index (χ3n) is 3.54. The number of carbonyl (C=O) groups is 1. The molecular formula is C18H26F3NO3. The first-order chi connectivity index (χ1) is 11.6. The maximum Gasteiger partial charge on any atom is 0.573 e. The van der Waals surface area contributed by atoms with Crippen LogP contribution in [0.15, 0.2) is 24.3 Å². The number of piperidine rings is 1. The Bertz CT molecular complexity index is 504. The Labute approximate surface area is 146 Å². The Morgan fingerprint density at radius 3 is 2.08 bits per heavy atom. The topological polar surface area (TPSA) is 47.6 Å². The van der Waals surface area contributed by atoms with Crippen LogP contribution in [0, 0.1) is 5.92 Å². The lowest BCUT2D eigenvalue weighted by Gasteiger charge is -2.22. The molecule has 7 heteroatoms. The van der Waals surface area contributed by atoms with E-state index in [0.717, 1.165) is 37.9 Å². The van der Waals surface area contributed by atoms with Crippen LogP contribution in [0.2, 0.25) is 0 Å². The second-order valence-electron chi connectivity index (χ2n) is 6.92. The van der Waals surface area contributed by atoms with Crippen molar-refractivity contribution in [1.29, 1.82) is 0 Å². The van der Waals surface area contributed by atoms with Gasteiger partial charge in [0.1, 0.15) is 11.4 Å². The third kappa shape index (κ3) is 10.7. The SMILES string of the molecule is CC(C)(C)OC=O.FC(F)(F)Oc1ccc(CC2CCNCC2)cc1. The number of hydrogen-bond acceptors (Lipinski definition) is 4. The summed E-state index contributed by atoms with van der Waals surface area (Å²) in [7, 11) is 0. The Morgan fingerprint density at radius 1 is 1.12 bits per heavy atom. The lowest BCUT2D eigenvalue weighted by molar-refractivity contribution is -0.274. The fraction of sp³-hybridized carbons (Fsp3) is 0.611. The number of ether oxygens (including phenoxy) is 2. The minimum Gasteiger partial charge on any atom is -0.462 e. The second-order valence-corrected chi connectivity index (χ2v) is 6.92. The predicted octanol–water partition coefficient (Wildman–Crippen LogP) is 4.09. The number of alkyl halides is 3. The van der Waals surface area contributed by atoms with Gasteiger partial charge in [-0.2, -0.15) is 0 Å². The molecule has 0 spiro atoms. The van der Waals surface area contributed by atoms with Crippen molar-refractivity contribution in [2.45, 2.75) is 52.0 Å². The van der Waals surface area contributed by atoms with E-state index in [9.17, 15) is 18.0 Å². The van der Waals surface area contributed by atoms with Crippen molar-refractivity contribution < 1.29 is 27.4 Å². The molecule has 0 aliphatic carbocycles. The van der Waals surface area contributed by atoms with Gasteiger partial charge in [-0.25, -0.2) is 0 Å². The normalized spacial score (nSPS) is 15.8. The molecule has 0 atom stereocenters. The lowest BCUT2D eigenvalue weighted by Crippen LogP contribution is -2.28. The van der Waals surface area contributed by atoms with Crippen LogP contribution in [0.25, 0.3) is 0 Å². The summed E-state index contributed by atoms with van der Waals surface area (Å²) in [6.07, 6.45) is -1.44. The molecule has 1 aliphatic rings. The highest BCUT2D eigenvalue weighted by Gasteiger charge is 2.30. The second kappa shape index (κ2) is 9.65. The van der Waals surface area contributed by atoms with E-state index in [1.165, 1.54) is 12.1 Å². The van der Waals surface area contributed by atoms with Gasteiger partial charge in [-0.15, -0.1) is 13.2 Å². The summed E-state index contributed by atoms with van der Waals surface area (Å²) in [6.45, 7) is 7.98. The smallest absolute Gasteiger partial charge is 0.462 e. The van der Waals surface area contributed by atoms with Gasteiger partial charge in [0, 0.05) is 0 Å². The van der Waals surface area contributed by atoms with E-state index in [-0.39, 0.29) is 11.4 Å². The van der Waals surface area contributed by atoms with Crippen molar-refractivity contribution in [2.24, 2.45) is 5.92 Å². The quantitative estimate of drug-likeness (QED) is 0.821. The van der Waals surface area contributed by atoms with Crippen LogP contribution < -0.4 is 10.1 Å². The van der Waals surface area contributed by atoms with Crippen LogP contribution in [-0.4, -0.2) is 31.5 Å². The first-order valence-corrected chi connectivity index (χ1v) is 8.26. The Morgan fingerprint density at radius 2 is 1.68 bits per heavy atom. The number of halogens is 3. The van der Waals surface area contributed by atoms with Crippen LogP contribution in [-0.2, 0) is 16.0 Å². The van der Waals surface area contributed by atoms with Crippen LogP contribution in [0.1, 0.15) is 39.2 Å². The van der Waals surface area contributed by atoms with Crippen LogP contribution in [0.4, 0.5) is 13.2 Å². The van der Waals surface area contributed by atoms with Gasteiger partial charge in [0.15, 0.2) is 0 Å². The first-order valence-electron chi connectivity index (χ1n) is 8.26. The van der Waals surface area contributed by atoms with Crippen LogP contribution in [0.5, 0.6) is 5.75 Å². The number of hydrogen-bond donors (Lipinski definition) is 1. The van der Waals surface area contributed by atoms with E-state index in [4.69, 9.17) is 0 Å². The maximum atomic E-state index is 12.0. The van der Waals surface area contributed by atoms with E-state index in [2.05, 4.69) is 14.8 Å². The average Bonchev–Trinajstić information content (AvgIpc) is 2.48. The standard InChI is InChI=1S/C13H16F3NO.C5H10O2/c14-13(15,16)18-12-3-1-10(2-4-12)9-11-5-7-17-8-6-11;1-5(2,3)7-4-6/h1-4,11,17H,5-9H2;4H,1-3H3. The number of nitrogens with one attached hydrogen (secondary N) is 1. The van der Waals surface area contributed by atoms with E-state index < -0.39 is 6.36 Å². The zero-order valence-electron chi connectivity index (χ0n) is 14.9. The highest BCUT2D eigenvalue weighted by molar-refractivity contribution is 5.37. The summed E-state index contributed by atoms with van der Waals surface area (Å²) in [5.74, 6) is 0.470. The molecule has 0 saturated carbocycles. The zero-order chi connectivity index (χ0) is 18.9. The summed E-state index contributed by atoms with van der Waals surface area (Å²) in [4.78, 5) is 9.60. The Balaban J connectivity index is 0.000000381. The minimum absolute atomic E-state index is 0.156. The number of rotatable bonds is 4. The molecule has 0 aromatic heterocycles. The Hall–Kier alpha value is -1.76. The Kier molecular flexibility index (Phi) is 8.22. The summed E-state index contributed by atoms with van der Waals surface area (Å²) >= 11 is 0. The van der Waals surface area contributed by atoms with Gasteiger partial charge in [0.25, 0.3) is 6.47 Å². The maximum absolute atomic E-state index is 12.0. The zero-order valence-corrected chi connectivity index (χ0v) is 14.9. The average molecular weight is 361 g/mol. The van der Waals surface area contributed by atoms with Crippen molar-refractivity contribution in [2.75, 3.05) is 13.1 Å². The molecule has 0 unspecified atom stereocenters. The highest BCUT2D eigenvalue weighted by atomic mass is 19.4. The fourth-order valence-corrected chi connectivity index (χ4v) is 2.39. The summed E-state index contributed by atoms with van der Waals surface area (Å²) < 4.78 is 44.3. The van der Waals surface area contributed by atoms with Gasteiger partial charge in [-0.1, -0.05) is 12.1 Å². The van der Waals surface area contributed by atoms with Crippen molar-refractivity contribution in [3.63, 3.8) is 0 Å². The predicted molar refractivity (Wildman–Crippen MR) is 89.3 cm³/mol. The first kappa shape index (κ1) is 21.3. The molecule has 1 aliphatic heterocycles. The third-order valence-corrected chi connectivity index (χ3v) is 3.54. The van der Waals surface area contributed by atoms with Gasteiger partial charge in [0.05, 0.1) is 0 Å². The van der Waals surface area contributed by atoms with Gasteiger partial charge in [0.2, 0.25) is 0 Å². The molecule has 142 valence electrons. The van der Waals surface area contributed by atoms with Crippen molar-refractivity contribution in [3.05, 3.63) is 29.8 Å². The molecule has 1 heterocycles. The molecule has 0 amide bonds. The molecule has 1 fully saturated rings. The molecule has 1 N–H and O–H groups in total.